The Bertz CT molecular complexity index is 317. The molecule has 0 amide bonds. The van der Waals surface area contributed by atoms with Gasteiger partial charge in [-0.3, -0.25) is 0 Å². The summed E-state index contributed by atoms with van der Waals surface area (Å²) < 4.78 is 24.9. The van der Waals surface area contributed by atoms with E-state index in [0.29, 0.717) is 0 Å². The molecule has 0 aromatic carbocycles. The molecule has 0 fully saturated rings. The Labute approximate surface area is 88.6 Å². The van der Waals surface area contributed by atoms with Crippen molar-refractivity contribution in [2.75, 3.05) is 0 Å². The zero-order chi connectivity index (χ0) is 10.0. The molecule has 0 bridgehead atoms. The molecule has 0 unspecified atom stereocenters. The van der Waals surface area contributed by atoms with Crippen LogP contribution in [0.25, 0.3) is 0 Å². The van der Waals surface area contributed by atoms with Gasteiger partial charge in [0.1, 0.15) is 5.15 Å². The van der Waals surface area contributed by atoms with Crippen LogP contribution in [0.3, 0.4) is 0 Å². The monoisotopic (exact) mass is 245 g/mol. The summed E-state index contributed by atoms with van der Waals surface area (Å²) in [6, 6.07) is 0. The number of aromatic nitrogens is 1. The highest BCUT2D eigenvalue weighted by Crippen LogP contribution is 2.34. The molecule has 72 valence electrons. The lowest BCUT2D eigenvalue weighted by Gasteiger charge is -2.08. The maximum atomic E-state index is 12.4. The van der Waals surface area contributed by atoms with Crippen LogP contribution in [0, 0.1) is 0 Å². The molecule has 6 heteroatoms. The maximum Gasteiger partial charge on any atom is 0.265 e. The fraction of sp³-hybridized carbons (Fsp3) is 0.286. The Balaban J connectivity index is 3.32. The number of pyridine rings is 1. The standard InChI is InChI=1S/C7H4Cl3F2N/c8-1-3-2-13-6(10)5(9)4(3)7(11)12/h2,7H,1H2. The fourth-order valence-corrected chi connectivity index (χ4v) is 1.47. The van der Waals surface area contributed by atoms with Crippen molar-refractivity contribution in [3.8, 4) is 0 Å². The van der Waals surface area contributed by atoms with Gasteiger partial charge >= 0.3 is 0 Å². The topological polar surface area (TPSA) is 12.9 Å². The number of halogens is 5. The molecular weight excluding hydrogens is 242 g/mol. The summed E-state index contributed by atoms with van der Waals surface area (Å²) >= 11 is 16.4. The molecule has 0 aliphatic heterocycles. The second-order valence-electron chi connectivity index (χ2n) is 2.24. The normalized spacial score (nSPS) is 10.9. The predicted molar refractivity (Wildman–Crippen MR) is 48.8 cm³/mol. The molecule has 1 nitrogen and oxygen atoms in total. The number of hydrogen-bond donors (Lipinski definition) is 0. The zero-order valence-electron chi connectivity index (χ0n) is 6.20. The molecule has 0 N–H and O–H groups in total. The van der Waals surface area contributed by atoms with Crippen molar-refractivity contribution in [2.24, 2.45) is 0 Å². The number of rotatable bonds is 2. The third-order valence-electron chi connectivity index (χ3n) is 1.46. The molecule has 0 saturated carbocycles. The minimum Gasteiger partial charge on any atom is -0.243 e. The predicted octanol–water partition coefficient (Wildman–Crippen LogP) is 4.06. The van der Waals surface area contributed by atoms with Crippen molar-refractivity contribution < 1.29 is 8.78 Å². The third-order valence-corrected chi connectivity index (χ3v) is 2.51. The van der Waals surface area contributed by atoms with Gasteiger partial charge in [0.2, 0.25) is 0 Å². The van der Waals surface area contributed by atoms with E-state index in [-0.39, 0.29) is 27.2 Å². The van der Waals surface area contributed by atoms with Crippen molar-refractivity contribution in [2.45, 2.75) is 12.3 Å². The van der Waals surface area contributed by atoms with Crippen LogP contribution >= 0.6 is 34.8 Å². The van der Waals surface area contributed by atoms with Crippen LogP contribution in [0.4, 0.5) is 8.78 Å². The molecule has 0 aliphatic carbocycles. The summed E-state index contributed by atoms with van der Waals surface area (Å²) in [6.07, 6.45) is -1.50. The SMILES string of the molecule is FC(F)c1c(CCl)cnc(Cl)c1Cl. The molecule has 1 aromatic rings. The maximum absolute atomic E-state index is 12.4. The lowest BCUT2D eigenvalue weighted by Crippen LogP contribution is -1.96. The average Bonchev–Trinajstić information content (AvgIpc) is 2.08. The lowest BCUT2D eigenvalue weighted by molar-refractivity contribution is 0.150. The van der Waals surface area contributed by atoms with E-state index in [2.05, 4.69) is 4.98 Å². The van der Waals surface area contributed by atoms with Crippen molar-refractivity contribution in [3.63, 3.8) is 0 Å². The van der Waals surface area contributed by atoms with E-state index in [1.807, 2.05) is 0 Å². The highest BCUT2D eigenvalue weighted by Gasteiger charge is 2.19. The zero-order valence-corrected chi connectivity index (χ0v) is 8.47. The average molecular weight is 246 g/mol. The summed E-state index contributed by atoms with van der Waals surface area (Å²) in [4.78, 5) is 3.61. The smallest absolute Gasteiger partial charge is 0.243 e. The first-order valence-corrected chi connectivity index (χ1v) is 4.53. The molecular formula is C7H4Cl3F2N. The minimum absolute atomic E-state index is 0.0659. The molecule has 0 aliphatic rings. The van der Waals surface area contributed by atoms with Crippen molar-refractivity contribution in [3.05, 3.63) is 27.5 Å². The van der Waals surface area contributed by atoms with Crippen LogP contribution in [-0.2, 0) is 5.88 Å². The highest BCUT2D eigenvalue weighted by molar-refractivity contribution is 6.41. The van der Waals surface area contributed by atoms with Crippen molar-refractivity contribution in [1.29, 1.82) is 0 Å². The van der Waals surface area contributed by atoms with Crippen molar-refractivity contribution in [1.82, 2.24) is 4.98 Å². The Kier molecular flexibility index (Phi) is 3.71. The van der Waals surface area contributed by atoms with Gasteiger partial charge in [0.15, 0.2) is 0 Å². The summed E-state index contributed by atoms with van der Waals surface area (Å²) in [5.74, 6) is -0.0659. The molecule has 0 spiro atoms. The van der Waals surface area contributed by atoms with E-state index in [1.54, 1.807) is 0 Å². The molecule has 0 atom stereocenters. The van der Waals surface area contributed by atoms with Crippen LogP contribution in [0.1, 0.15) is 17.6 Å². The first kappa shape index (κ1) is 11.0. The largest absolute Gasteiger partial charge is 0.265 e. The van der Waals surface area contributed by atoms with Gasteiger partial charge in [0.25, 0.3) is 6.43 Å². The molecule has 13 heavy (non-hydrogen) atoms. The third kappa shape index (κ3) is 2.22. The van der Waals surface area contributed by atoms with Crippen LogP contribution < -0.4 is 0 Å². The van der Waals surface area contributed by atoms with E-state index in [0.717, 1.165) is 0 Å². The van der Waals surface area contributed by atoms with Crippen LogP contribution in [-0.4, -0.2) is 4.98 Å². The number of alkyl halides is 3. The van der Waals surface area contributed by atoms with Gasteiger partial charge in [-0.05, 0) is 5.56 Å². The molecule has 0 radical (unpaired) electrons. The second-order valence-corrected chi connectivity index (χ2v) is 3.24. The van der Waals surface area contributed by atoms with Gasteiger partial charge in [0.05, 0.1) is 5.02 Å². The highest BCUT2D eigenvalue weighted by atomic mass is 35.5. The van der Waals surface area contributed by atoms with Gasteiger partial charge in [0, 0.05) is 17.6 Å². The molecule has 1 aromatic heterocycles. The lowest BCUT2D eigenvalue weighted by atomic mass is 10.2. The van der Waals surface area contributed by atoms with Crippen LogP contribution in [0.5, 0.6) is 0 Å². The van der Waals surface area contributed by atoms with Crippen molar-refractivity contribution >= 4 is 34.8 Å². The van der Waals surface area contributed by atoms with Gasteiger partial charge in [-0.15, -0.1) is 11.6 Å². The van der Waals surface area contributed by atoms with E-state index in [9.17, 15) is 8.78 Å². The van der Waals surface area contributed by atoms with E-state index in [1.165, 1.54) is 6.20 Å². The minimum atomic E-state index is -2.69. The van der Waals surface area contributed by atoms with E-state index >= 15 is 0 Å². The van der Waals surface area contributed by atoms with Crippen LogP contribution in [0.2, 0.25) is 10.2 Å². The van der Waals surface area contributed by atoms with Gasteiger partial charge in [-0.1, -0.05) is 23.2 Å². The quantitative estimate of drug-likeness (QED) is 0.566. The van der Waals surface area contributed by atoms with E-state index in [4.69, 9.17) is 34.8 Å². The fourth-order valence-electron chi connectivity index (χ4n) is 0.855. The second kappa shape index (κ2) is 4.40. The number of nitrogens with zero attached hydrogens (tertiary/aromatic N) is 1. The molecule has 0 saturated heterocycles. The Morgan fingerprint density at radius 1 is 1.38 bits per heavy atom. The Morgan fingerprint density at radius 3 is 2.46 bits per heavy atom. The molecule has 1 heterocycles. The van der Waals surface area contributed by atoms with Gasteiger partial charge < -0.3 is 0 Å². The summed E-state index contributed by atoms with van der Waals surface area (Å²) in [5.41, 5.74) is -0.136. The first-order valence-electron chi connectivity index (χ1n) is 3.24. The summed E-state index contributed by atoms with van der Waals surface area (Å²) in [5, 5.41) is -0.361. The summed E-state index contributed by atoms with van der Waals surface area (Å²) in [6.45, 7) is 0. The van der Waals surface area contributed by atoms with E-state index < -0.39 is 6.43 Å². The Morgan fingerprint density at radius 2 is 2.00 bits per heavy atom. The van der Waals surface area contributed by atoms with Crippen LogP contribution in [0.15, 0.2) is 6.20 Å². The number of hydrogen-bond acceptors (Lipinski definition) is 1. The summed E-state index contributed by atoms with van der Waals surface area (Å²) in [7, 11) is 0. The van der Waals surface area contributed by atoms with Gasteiger partial charge in [-0.25, -0.2) is 13.8 Å². The van der Waals surface area contributed by atoms with Gasteiger partial charge in [-0.2, -0.15) is 0 Å². The first-order chi connectivity index (χ1) is 6.07. The molecule has 1 rings (SSSR count). The Hall–Kier alpha value is -0.120.